The topological polar surface area (TPSA) is 61.6 Å². The van der Waals surface area contributed by atoms with E-state index in [0.29, 0.717) is 18.1 Å². The first-order valence-electron chi connectivity index (χ1n) is 8.03. The Morgan fingerprint density at radius 2 is 2.22 bits per heavy atom. The summed E-state index contributed by atoms with van der Waals surface area (Å²) in [6, 6.07) is 6.10. The molecule has 5 nitrogen and oxygen atoms in total. The lowest BCUT2D eigenvalue weighted by Gasteiger charge is -2.45. The predicted octanol–water partition coefficient (Wildman–Crippen LogP) is 3.50. The summed E-state index contributed by atoms with van der Waals surface area (Å²) in [4.78, 5) is 12.2. The van der Waals surface area contributed by atoms with Crippen molar-refractivity contribution in [2.45, 2.75) is 38.0 Å². The van der Waals surface area contributed by atoms with E-state index in [0.717, 1.165) is 36.1 Å². The molecular weight excluding hydrogens is 294 g/mol. The van der Waals surface area contributed by atoms with Crippen molar-refractivity contribution in [1.82, 2.24) is 5.16 Å². The van der Waals surface area contributed by atoms with Gasteiger partial charge < -0.3 is 14.0 Å². The number of fused-ring (bicyclic) bond motifs is 4. The third-order valence-corrected chi connectivity index (χ3v) is 5.13. The van der Waals surface area contributed by atoms with E-state index in [1.165, 1.54) is 12.0 Å². The Hall–Kier alpha value is -2.30. The van der Waals surface area contributed by atoms with E-state index < -0.39 is 5.97 Å². The lowest BCUT2D eigenvalue weighted by molar-refractivity contribution is 0.0513. The molecule has 0 aliphatic heterocycles. The number of ether oxygens (including phenoxy) is 2. The van der Waals surface area contributed by atoms with Crippen LogP contribution >= 0.6 is 0 Å². The van der Waals surface area contributed by atoms with Gasteiger partial charge >= 0.3 is 5.97 Å². The quantitative estimate of drug-likeness (QED) is 0.812. The Bertz CT molecular complexity index is 773. The van der Waals surface area contributed by atoms with E-state index in [4.69, 9.17) is 14.0 Å². The highest BCUT2D eigenvalue weighted by Crippen LogP contribution is 2.54. The van der Waals surface area contributed by atoms with E-state index in [-0.39, 0.29) is 5.41 Å². The second-order valence-corrected chi connectivity index (χ2v) is 6.28. The summed E-state index contributed by atoms with van der Waals surface area (Å²) in [5.41, 5.74) is 3.57. The summed E-state index contributed by atoms with van der Waals surface area (Å²) < 4.78 is 16.0. The highest BCUT2D eigenvalue weighted by Gasteiger charge is 2.46. The maximum Gasteiger partial charge on any atom is 0.360 e. The number of benzene rings is 1. The smallest absolute Gasteiger partial charge is 0.360 e. The minimum absolute atomic E-state index is 0.0986. The van der Waals surface area contributed by atoms with Crippen LogP contribution in [0.25, 0.3) is 11.3 Å². The lowest BCUT2D eigenvalue weighted by atomic mass is 9.58. The van der Waals surface area contributed by atoms with Crippen LogP contribution in [0.5, 0.6) is 5.75 Å². The zero-order valence-corrected chi connectivity index (χ0v) is 13.3. The standard InChI is InChI=1S/C18H19NO4/c1-3-22-17(20)15-13-10-18(7-4-8-18)14-6-5-11(21-2)9-12(14)16(13)23-19-15/h5-6,9H,3-4,7-8,10H2,1-2H3. The molecule has 0 radical (unpaired) electrons. The molecule has 0 bridgehead atoms. The normalized spacial score (nSPS) is 17.1. The number of methoxy groups -OCH3 is 1. The molecule has 1 aromatic heterocycles. The summed E-state index contributed by atoms with van der Waals surface area (Å²) in [6.07, 6.45) is 4.25. The molecule has 0 atom stereocenters. The molecule has 2 aliphatic carbocycles. The van der Waals surface area contributed by atoms with Crippen LogP contribution in [0.15, 0.2) is 22.7 Å². The van der Waals surface area contributed by atoms with Gasteiger partial charge in [0.05, 0.1) is 13.7 Å². The zero-order chi connectivity index (χ0) is 16.0. The van der Waals surface area contributed by atoms with Gasteiger partial charge in [0.15, 0.2) is 11.5 Å². The molecule has 1 saturated carbocycles. The number of hydrogen-bond acceptors (Lipinski definition) is 5. The fourth-order valence-electron chi connectivity index (χ4n) is 3.83. The molecule has 5 heteroatoms. The van der Waals surface area contributed by atoms with Crippen LogP contribution in [0.4, 0.5) is 0 Å². The van der Waals surface area contributed by atoms with Crippen LogP contribution in [0.3, 0.4) is 0 Å². The third-order valence-electron chi connectivity index (χ3n) is 5.13. The van der Waals surface area contributed by atoms with Crippen molar-refractivity contribution >= 4 is 5.97 Å². The predicted molar refractivity (Wildman–Crippen MR) is 83.7 cm³/mol. The molecule has 1 aromatic carbocycles. The lowest BCUT2D eigenvalue weighted by Crippen LogP contribution is -2.39. The molecule has 0 unspecified atom stereocenters. The van der Waals surface area contributed by atoms with Gasteiger partial charge in [-0.3, -0.25) is 0 Å². The van der Waals surface area contributed by atoms with Crippen molar-refractivity contribution in [2.24, 2.45) is 0 Å². The Kier molecular flexibility index (Phi) is 3.18. The second-order valence-electron chi connectivity index (χ2n) is 6.28. The van der Waals surface area contributed by atoms with Gasteiger partial charge in [0.25, 0.3) is 0 Å². The molecule has 120 valence electrons. The maximum atomic E-state index is 12.2. The van der Waals surface area contributed by atoms with Crippen molar-refractivity contribution in [3.63, 3.8) is 0 Å². The number of carbonyl (C=O) groups excluding carboxylic acids is 1. The summed E-state index contributed by atoms with van der Waals surface area (Å²) in [5.74, 6) is 1.05. The number of rotatable bonds is 3. The van der Waals surface area contributed by atoms with Crippen LogP contribution in [0.1, 0.15) is 47.8 Å². The molecule has 23 heavy (non-hydrogen) atoms. The fraction of sp³-hybridized carbons (Fsp3) is 0.444. The van der Waals surface area contributed by atoms with Gasteiger partial charge in [0.2, 0.25) is 0 Å². The van der Waals surface area contributed by atoms with Gasteiger partial charge in [-0.15, -0.1) is 0 Å². The Labute approximate surface area is 134 Å². The highest BCUT2D eigenvalue weighted by atomic mass is 16.5. The summed E-state index contributed by atoms with van der Waals surface area (Å²) in [5, 5.41) is 4.00. The van der Waals surface area contributed by atoms with Gasteiger partial charge in [-0.25, -0.2) is 4.79 Å². The van der Waals surface area contributed by atoms with Crippen LogP contribution in [0.2, 0.25) is 0 Å². The van der Waals surface area contributed by atoms with E-state index in [9.17, 15) is 4.79 Å². The minimum Gasteiger partial charge on any atom is -0.497 e. The van der Waals surface area contributed by atoms with Gasteiger partial charge in [-0.1, -0.05) is 17.6 Å². The van der Waals surface area contributed by atoms with Crippen LogP contribution in [0, 0.1) is 0 Å². The van der Waals surface area contributed by atoms with E-state index in [1.54, 1.807) is 14.0 Å². The van der Waals surface area contributed by atoms with Crippen molar-refractivity contribution < 1.29 is 18.8 Å². The second kappa shape index (κ2) is 5.11. The summed E-state index contributed by atoms with van der Waals surface area (Å²) in [6.45, 7) is 2.12. The van der Waals surface area contributed by atoms with Gasteiger partial charge in [-0.2, -0.15) is 0 Å². The molecule has 1 spiro atoms. The Balaban J connectivity index is 1.88. The summed E-state index contributed by atoms with van der Waals surface area (Å²) in [7, 11) is 1.65. The fourth-order valence-corrected chi connectivity index (χ4v) is 3.83. The highest BCUT2D eigenvalue weighted by molar-refractivity contribution is 5.92. The van der Waals surface area contributed by atoms with Gasteiger partial charge in [0.1, 0.15) is 5.75 Å². The third kappa shape index (κ3) is 1.99. The van der Waals surface area contributed by atoms with Crippen molar-refractivity contribution in [3.8, 4) is 17.1 Å². The molecule has 0 saturated heterocycles. The van der Waals surface area contributed by atoms with Crippen LogP contribution in [-0.4, -0.2) is 24.8 Å². The molecule has 0 N–H and O–H groups in total. The van der Waals surface area contributed by atoms with E-state index in [2.05, 4.69) is 11.2 Å². The summed E-state index contributed by atoms with van der Waals surface area (Å²) >= 11 is 0. The number of carbonyl (C=O) groups is 1. The number of aromatic nitrogens is 1. The molecule has 1 fully saturated rings. The number of hydrogen-bond donors (Lipinski definition) is 0. The number of nitrogens with zero attached hydrogens (tertiary/aromatic N) is 1. The monoisotopic (exact) mass is 313 g/mol. The van der Waals surface area contributed by atoms with Gasteiger partial charge in [0, 0.05) is 16.5 Å². The minimum atomic E-state index is -0.404. The van der Waals surface area contributed by atoms with Gasteiger partial charge in [-0.05, 0) is 43.9 Å². The molecular formula is C18H19NO4. The van der Waals surface area contributed by atoms with Crippen LogP contribution < -0.4 is 4.74 Å². The average molecular weight is 313 g/mol. The maximum absolute atomic E-state index is 12.2. The molecule has 4 rings (SSSR count). The van der Waals surface area contributed by atoms with Crippen LogP contribution in [-0.2, 0) is 16.6 Å². The largest absolute Gasteiger partial charge is 0.497 e. The molecule has 2 aromatic rings. The van der Waals surface area contributed by atoms with Crippen molar-refractivity contribution in [3.05, 3.63) is 35.0 Å². The average Bonchev–Trinajstić information content (AvgIpc) is 2.96. The molecule has 1 heterocycles. The number of esters is 1. The van der Waals surface area contributed by atoms with Crippen molar-refractivity contribution in [2.75, 3.05) is 13.7 Å². The SMILES string of the molecule is CCOC(=O)c1noc2c1CC1(CCC1)c1ccc(OC)cc1-2. The van der Waals surface area contributed by atoms with E-state index in [1.807, 2.05) is 12.1 Å². The molecule has 0 amide bonds. The van der Waals surface area contributed by atoms with Crippen molar-refractivity contribution in [1.29, 1.82) is 0 Å². The first kappa shape index (κ1) is 14.3. The Morgan fingerprint density at radius 1 is 1.39 bits per heavy atom. The first-order chi connectivity index (χ1) is 11.2. The first-order valence-corrected chi connectivity index (χ1v) is 8.03. The zero-order valence-electron chi connectivity index (χ0n) is 13.3. The van der Waals surface area contributed by atoms with E-state index >= 15 is 0 Å². The molecule has 2 aliphatic rings. The Morgan fingerprint density at radius 3 is 2.87 bits per heavy atom.